The second kappa shape index (κ2) is 7.08. The molecule has 2 heterocycles. The summed E-state index contributed by atoms with van der Waals surface area (Å²) in [5.74, 6) is 0.497. The molecule has 0 radical (unpaired) electrons. The van der Waals surface area contributed by atoms with Crippen molar-refractivity contribution in [1.82, 2.24) is 10.2 Å². The number of fused-ring (bicyclic) bond motifs is 2. The van der Waals surface area contributed by atoms with Gasteiger partial charge in [-0.05, 0) is 56.3 Å². The number of nitrogens with zero attached hydrogens (tertiary/aromatic N) is 1. The Morgan fingerprint density at radius 3 is 2.84 bits per heavy atom. The summed E-state index contributed by atoms with van der Waals surface area (Å²) in [5, 5.41) is 3.49. The molecule has 1 spiro atoms. The van der Waals surface area contributed by atoms with E-state index in [2.05, 4.69) is 34.5 Å². The van der Waals surface area contributed by atoms with Crippen LogP contribution in [-0.4, -0.2) is 43.7 Å². The van der Waals surface area contributed by atoms with Crippen molar-refractivity contribution in [3.8, 4) is 0 Å². The van der Waals surface area contributed by atoms with Gasteiger partial charge in [-0.3, -0.25) is 4.79 Å². The number of ether oxygens (including phenoxy) is 1. The largest absolute Gasteiger partial charge is 0.381 e. The van der Waals surface area contributed by atoms with Gasteiger partial charge >= 0.3 is 0 Å². The van der Waals surface area contributed by atoms with Gasteiger partial charge in [0.25, 0.3) is 0 Å². The summed E-state index contributed by atoms with van der Waals surface area (Å²) in [6, 6.07) is 8.79. The third-order valence-electron chi connectivity index (χ3n) is 6.62. The van der Waals surface area contributed by atoms with E-state index in [0.717, 1.165) is 64.7 Å². The first-order valence-electron chi connectivity index (χ1n) is 9.82. The monoisotopic (exact) mass is 342 g/mol. The Kier molecular flexibility index (Phi) is 4.83. The highest BCUT2D eigenvalue weighted by Crippen LogP contribution is 2.41. The fourth-order valence-corrected chi connectivity index (χ4v) is 5.22. The molecule has 1 aromatic carbocycles. The highest BCUT2D eigenvalue weighted by atomic mass is 16.5. The van der Waals surface area contributed by atoms with Crippen LogP contribution in [-0.2, 0) is 21.5 Å². The summed E-state index contributed by atoms with van der Waals surface area (Å²) in [5.41, 5.74) is 2.98. The predicted octanol–water partition coefficient (Wildman–Crippen LogP) is 2.86. The molecule has 1 amide bonds. The van der Waals surface area contributed by atoms with Crippen LogP contribution in [0.4, 0.5) is 0 Å². The minimum Gasteiger partial charge on any atom is -0.381 e. The van der Waals surface area contributed by atoms with Crippen LogP contribution < -0.4 is 5.32 Å². The number of carbonyl (C=O) groups is 1. The maximum atomic E-state index is 13.3. The summed E-state index contributed by atoms with van der Waals surface area (Å²) in [6.45, 7) is 3.76. The van der Waals surface area contributed by atoms with Crippen LogP contribution in [0.5, 0.6) is 0 Å². The van der Waals surface area contributed by atoms with Gasteiger partial charge in [-0.25, -0.2) is 0 Å². The predicted molar refractivity (Wildman–Crippen MR) is 98.4 cm³/mol. The van der Waals surface area contributed by atoms with Crippen molar-refractivity contribution in [2.24, 2.45) is 5.92 Å². The van der Waals surface area contributed by atoms with Crippen molar-refractivity contribution in [3.05, 3.63) is 35.4 Å². The molecule has 1 aromatic rings. The Bertz CT molecular complexity index is 624. The van der Waals surface area contributed by atoms with Gasteiger partial charge in [0.15, 0.2) is 0 Å². The van der Waals surface area contributed by atoms with Crippen molar-refractivity contribution in [2.45, 2.75) is 56.6 Å². The Morgan fingerprint density at radius 2 is 2.04 bits per heavy atom. The van der Waals surface area contributed by atoms with Crippen LogP contribution in [0.3, 0.4) is 0 Å². The molecule has 2 atom stereocenters. The molecule has 0 bridgehead atoms. The number of hydrogen-bond acceptors (Lipinski definition) is 3. The highest BCUT2D eigenvalue weighted by molar-refractivity contribution is 5.79. The smallest absolute Gasteiger partial charge is 0.226 e. The molecule has 2 unspecified atom stereocenters. The number of hydrogen-bond donors (Lipinski definition) is 1. The van der Waals surface area contributed by atoms with Crippen molar-refractivity contribution in [2.75, 3.05) is 26.7 Å². The number of methoxy groups -OCH3 is 1. The van der Waals surface area contributed by atoms with E-state index in [1.807, 2.05) is 0 Å². The van der Waals surface area contributed by atoms with E-state index in [9.17, 15) is 4.79 Å². The molecule has 4 nitrogen and oxygen atoms in total. The molecule has 1 aliphatic carbocycles. The van der Waals surface area contributed by atoms with Gasteiger partial charge in [-0.2, -0.15) is 0 Å². The van der Waals surface area contributed by atoms with E-state index in [1.165, 1.54) is 11.1 Å². The topological polar surface area (TPSA) is 41.6 Å². The van der Waals surface area contributed by atoms with E-state index >= 15 is 0 Å². The molecule has 25 heavy (non-hydrogen) atoms. The lowest BCUT2D eigenvalue weighted by Crippen LogP contribution is -2.53. The van der Waals surface area contributed by atoms with Crippen molar-refractivity contribution >= 4 is 5.91 Å². The van der Waals surface area contributed by atoms with E-state index in [0.29, 0.717) is 5.91 Å². The van der Waals surface area contributed by atoms with Crippen LogP contribution in [0.1, 0.15) is 49.7 Å². The van der Waals surface area contributed by atoms with Crippen LogP contribution in [0.2, 0.25) is 0 Å². The van der Waals surface area contributed by atoms with Gasteiger partial charge in [-0.1, -0.05) is 30.7 Å². The highest BCUT2D eigenvalue weighted by Gasteiger charge is 2.43. The van der Waals surface area contributed by atoms with Crippen molar-refractivity contribution in [1.29, 1.82) is 0 Å². The Labute approximate surface area is 150 Å². The number of benzene rings is 1. The average Bonchev–Trinajstić information content (AvgIpc) is 2.68. The van der Waals surface area contributed by atoms with Gasteiger partial charge in [-0.15, -0.1) is 0 Å². The molecule has 1 saturated heterocycles. The zero-order valence-corrected chi connectivity index (χ0v) is 15.3. The first-order chi connectivity index (χ1) is 12.2. The first kappa shape index (κ1) is 17.0. The summed E-state index contributed by atoms with van der Waals surface area (Å²) in [6.07, 6.45) is 6.62. The lowest BCUT2D eigenvalue weighted by Gasteiger charge is -2.47. The molecule has 3 aliphatic rings. The van der Waals surface area contributed by atoms with Crippen molar-refractivity contribution in [3.63, 3.8) is 0 Å². The van der Waals surface area contributed by atoms with Crippen LogP contribution in [0.25, 0.3) is 0 Å². The van der Waals surface area contributed by atoms with E-state index in [-0.39, 0.29) is 17.4 Å². The van der Waals surface area contributed by atoms with Gasteiger partial charge < -0.3 is 15.0 Å². The molecule has 0 aromatic heterocycles. The van der Waals surface area contributed by atoms with Crippen LogP contribution in [0, 0.1) is 5.92 Å². The fourth-order valence-electron chi connectivity index (χ4n) is 5.22. The number of carbonyl (C=O) groups excluding carboxylic acids is 1. The number of rotatable bonds is 2. The summed E-state index contributed by atoms with van der Waals surface area (Å²) >= 11 is 0. The van der Waals surface area contributed by atoms with Gasteiger partial charge in [0.1, 0.15) is 0 Å². The van der Waals surface area contributed by atoms with Gasteiger partial charge in [0.05, 0.1) is 6.10 Å². The normalized spacial score (nSPS) is 28.6. The van der Waals surface area contributed by atoms with Gasteiger partial charge in [0, 0.05) is 31.5 Å². The molecule has 4 rings (SSSR count). The Balaban J connectivity index is 1.58. The first-order valence-corrected chi connectivity index (χ1v) is 9.82. The number of nitrogens with one attached hydrogen (secondary N) is 1. The summed E-state index contributed by atoms with van der Waals surface area (Å²) in [7, 11) is 1.78. The third-order valence-corrected chi connectivity index (χ3v) is 6.62. The molecule has 2 aliphatic heterocycles. The minimum atomic E-state index is 0.141. The van der Waals surface area contributed by atoms with Crippen LogP contribution in [0.15, 0.2) is 24.3 Å². The third kappa shape index (κ3) is 3.22. The minimum absolute atomic E-state index is 0.141. The molecule has 2 fully saturated rings. The standard InChI is InChI=1S/C21H30N2O2/c1-25-18-7-4-6-16(13-18)20(24)23-14-17-5-2-3-8-19(17)21(15-23)9-11-22-12-10-21/h2-3,5,8,16,18,22H,4,6-7,9-15H2,1H3. The Morgan fingerprint density at radius 1 is 1.24 bits per heavy atom. The summed E-state index contributed by atoms with van der Waals surface area (Å²) < 4.78 is 5.55. The lowest BCUT2D eigenvalue weighted by atomic mass is 9.69. The maximum Gasteiger partial charge on any atom is 0.226 e. The molecule has 1 N–H and O–H groups in total. The average molecular weight is 342 g/mol. The molecule has 136 valence electrons. The van der Waals surface area contributed by atoms with Crippen LogP contribution >= 0.6 is 0 Å². The zero-order valence-electron chi connectivity index (χ0n) is 15.3. The molecule has 4 heteroatoms. The fraction of sp³-hybridized carbons (Fsp3) is 0.667. The second-order valence-electron chi connectivity index (χ2n) is 8.10. The SMILES string of the molecule is COC1CCCC(C(=O)N2Cc3ccccc3C3(CCNCC3)C2)C1. The number of piperidine rings is 1. The molecule has 1 saturated carbocycles. The molecular formula is C21H30N2O2. The van der Waals surface area contributed by atoms with E-state index in [1.54, 1.807) is 7.11 Å². The van der Waals surface area contributed by atoms with E-state index < -0.39 is 0 Å². The maximum absolute atomic E-state index is 13.3. The lowest BCUT2D eigenvalue weighted by molar-refractivity contribution is -0.140. The Hall–Kier alpha value is -1.39. The van der Waals surface area contributed by atoms with E-state index in [4.69, 9.17) is 4.74 Å². The zero-order chi connectivity index (χ0) is 17.3. The second-order valence-corrected chi connectivity index (χ2v) is 8.10. The number of amides is 1. The summed E-state index contributed by atoms with van der Waals surface area (Å²) in [4.78, 5) is 15.5. The van der Waals surface area contributed by atoms with Crippen molar-refractivity contribution < 1.29 is 9.53 Å². The molecular weight excluding hydrogens is 312 g/mol. The quantitative estimate of drug-likeness (QED) is 0.899. The van der Waals surface area contributed by atoms with Gasteiger partial charge in [0.2, 0.25) is 5.91 Å².